The van der Waals surface area contributed by atoms with Crippen LogP contribution in [0, 0.1) is 17.0 Å². The number of aryl methyl sites for hydroxylation is 1. The lowest BCUT2D eigenvalue weighted by atomic mass is 10.2. The monoisotopic (exact) mass is 212 g/mol. The molecule has 7 nitrogen and oxygen atoms in total. The summed E-state index contributed by atoms with van der Waals surface area (Å²) >= 11 is 0. The van der Waals surface area contributed by atoms with Gasteiger partial charge in [0.25, 0.3) is 5.91 Å². The molecular weight excluding hydrogens is 200 g/mol. The average Bonchev–Trinajstić information content (AvgIpc) is 2.45. The molecule has 1 rings (SSSR count). The quantitative estimate of drug-likeness (QED) is 0.570. The molecule has 0 saturated heterocycles. The van der Waals surface area contributed by atoms with Crippen molar-refractivity contribution in [3.63, 3.8) is 0 Å². The second-order valence-electron chi connectivity index (χ2n) is 3.43. The van der Waals surface area contributed by atoms with Gasteiger partial charge >= 0.3 is 5.69 Å². The summed E-state index contributed by atoms with van der Waals surface area (Å²) in [4.78, 5) is 21.5. The normalized spacial score (nSPS) is 10.4. The number of H-pyrrole nitrogens is 1. The summed E-state index contributed by atoms with van der Waals surface area (Å²) in [5.74, 6) is -0.541. The Hall–Kier alpha value is -1.92. The zero-order chi connectivity index (χ0) is 11.6. The van der Waals surface area contributed by atoms with Gasteiger partial charge in [-0.1, -0.05) is 0 Å². The van der Waals surface area contributed by atoms with Gasteiger partial charge in [0.2, 0.25) is 5.69 Å². The molecule has 0 saturated carbocycles. The average molecular weight is 212 g/mol. The van der Waals surface area contributed by atoms with E-state index in [1.54, 1.807) is 13.8 Å². The van der Waals surface area contributed by atoms with Crippen LogP contribution in [0.2, 0.25) is 0 Å². The Balaban J connectivity index is 3.04. The van der Waals surface area contributed by atoms with Crippen LogP contribution in [0.3, 0.4) is 0 Å². The number of nitrogens with one attached hydrogen (secondary N) is 2. The standard InChI is InChI=1S/C8H12N4O3/c1-4(2)9-8(13)6-7(12(14)15)5(3)10-11-6/h4H,1-3H3,(H,9,13)(H,10,11). The Morgan fingerprint density at radius 2 is 2.20 bits per heavy atom. The van der Waals surface area contributed by atoms with Crippen molar-refractivity contribution in [3.8, 4) is 0 Å². The van der Waals surface area contributed by atoms with Crippen LogP contribution >= 0.6 is 0 Å². The molecule has 2 N–H and O–H groups in total. The fraction of sp³-hybridized carbons (Fsp3) is 0.500. The highest BCUT2D eigenvalue weighted by Crippen LogP contribution is 2.19. The second-order valence-corrected chi connectivity index (χ2v) is 3.43. The summed E-state index contributed by atoms with van der Waals surface area (Å²) in [7, 11) is 0. The molecule has 0 aliphatic rings. The van der Waals surface area contributed by atoms with Crippen LogP contribution in [0.4, 0.5) is 5.69 Å². The maximum atomic E-state index is 11.5. The van der Waals surface area contributed by atoms with Crippen molar-refractivity contribution in [2.45, 2.75) is 26.8 Å². The van der Waals surface area contributed by atoms with Crippen LogP contribution in [-0.2, 0) is 0 Å². The van der Waals surface area contributed by atoms with Gasteiger partial charge in [-0.25, -0.2) is 0 Å². The molecule has 1 amide bonds. The molecule has 0 radical (unpaired) electrons. The van der Waals surface area contributed by atoms with Crippen molar-refractivity contribution < 1.29 is 9.72 Å². The van der Waals surface area contributed by atoms with Crippen LogP contribution in [0.25, 0.3) is 0 Å². The van der Waals surface area contributed by atoms with E-state index in [-0.39, 0.29) is 23.1 Å². The predicted octanol–water partition coefficient (Wildman–Crippen LogP) is 0.765. The lowest BCUT2D eigenvalue weighted by Gasteiger charge is -2.05. The predicted molar refractivity (Wildman–Crippen MR) is 52.6 cm³/mol. The van der Waals surface area contributed by atoms with E-state index in [0.29, 0.717) is 0 Å². The highest BCUT2D eigenvalue weighted by molar-refractivity contribution is 5.96. The molecule has 7 heteroatoms. The Labute approximate surface area is 86.0 Å². The zero-order valence-electron chi connectivity index (χ0n) is 8.70. The van der Waals surface area contributed by atoms with Gasteiger partial charge in [0, 0.05) is 6.04 Å². The molecule has 0 aromatic carbocycles. The van der Waals surface area contributed by atoms with Gasteiger partial charge in [0.05, 0.1) is 4.92 Å². The van der Waals surface area contributed by atoms with Crippen LogP contribution in [0.15, 0.2) is 0 Å². The summed E-state index contributed by atoms with van der Waals surface area (Å²) in [6.07, 6.45) is 0. The molecule has 0 unspecified atom stereocenters. The first-order valence-corrected chi connectivity index (χ1v) is 4.43. The largest absolute Gasteiger partial charge is 0.348 e. The molecule has 0 spiro atoms. The molecule has 0 fully saturated rings. The number of aromatic amines is 1. The lowest BCUT2D eigenvalue weighted by molar-refractivity contribution is -0.385. The molecule has 15 heavy (non-hydrogen) atoms. The molecule has 1 heterocycles. The number of hydrogen-bond donors (Lipinski definition) is 2. The summed E-state index contributed by atoms with van der Waals surface area (Å²) in [5.41, 5.74) is -0.173. The van der Waals surface area contributed by atoms with Crippen molar-refractivity contribution in [2.75, 3.05) is 0 Å². The Kier molecular flexibility index (Phi) is 3.03. The maximum Gasteiger partial charge on any atom is 0.322 e. The third kappa shape index (κ3) is 2.30. The van der Waals surface area contributed by atoms with E-state index in [0.717, 1.165) is 0 Å². The summed E-state index contributed by atoms with van der Waals surface area (Å²) < 4.78 is 0. The third-order valence-corrected chi connectivity index (χ3v) is 1.73. The van der Waals surface area contributed by atoms with E-state index >= 15 is 0 Å². The molecule has 0 atom stereocenters. The number of rotatable bonds is 3. The first kappa shape index (κ1) is 11.2. The molecule has 0 bridgehead atoms. The fourth-order valence-corrected chi connectivity index (χ4v) is 1.14. The van der Waals surface area contributed by atoms with Crippen LogP contribution in [0.5, 0.6) is 0 Å². The van der Waals surface area contributed by atoms with E-state index in [4.69, 9.17) is 0 Å². The Morgan fingerprint density at radius 1 is 1.60 bits per heavy atom. The van der Waals surface area contributed by atoms with Gasteiger partial charge in [-0.05, 0) is 20.8 Å². The van der Waals surface area contributed by atoms with Gasteiger partial charge in [0.1, 0.15) is 5.69 Å². The van der Waals surface area contributed by atoms with E-state index in [2.05, 4.69) is 15.5 Å². The minimum absolute atomic E-state index is 0.0888. The molecular formula is C8H12N4O3. The molecule has 1 aromatic rings. The lowest BCUT2D eigenvalue weighted by Crippen LogP contribution is -2.30. The minimum Gasteiger partial charge on any atom is -0.348 e. The van der Waals surface area contributed by atoms with E-state index in [9.17, 15) is 14.9 Å². The first-order valence-electron chi connectivity index (χ1n) is 4.43. The number of aromatic nitrogens is 2. The van der Waals surface area contributed by atoms with Gasteiger partial charge in [-0.3, -0.25) is 20.0 Å². The van der Waals surface area contributed by atoms with Crippen molar-refractivity contribution in [2.24, 2.45) is 0 Å². The zero-order valence-corrected chi connectivity index (χ0v) is 8.70. The number of carbonyl (C=O) groups is 1. The van der Waals surface area contributed by atoms with Gasteiger partial charge in [0.15, 0.2) is 0 Å². The highest BCUT2D eigenvalue weighted by atomic mass is 16.6. The number of nitro groups is 1. The van der Waals surface area contributed by atoms with Crippen molar-refractivity contribution in [1.29, 1.82) is 0 Å². The molecule has 0 aliphatic carbocycles. The smallest absolute Gasteiger partial charge is 0.322 e. The molecule has 1 aromatic heterocycles. The van der Waals surface area contributed by atoms with Gasteiger partial charge < -0.3 is 5.32 Å². The summed E-state index contributed by atoms with van der Waals surface area (Å²) in [5, 5.41) is 19.2. The third-order valence-electron chi connectivity index (χ3n) is 1.73. The summed E-state index contributed by atoms with van der Waals surface area (Å²) in [6.45, 7) is 5.03. The Bertz CT molecular complexity index is 397. The van der Waals surface area contributed by atoms with Crippen LogP contribution < -0.4 is 5.32 Å². The molecule has 82 valence electrons. The second kappa shape index (κ2) is 4.07. The number of nitrogens with zero attached hydrogens (tertiary/aromatic N) is 2. The maximum absolute atomic E-state index is 11.5. The SMILES string of the molecule is Cc1[nH]nc(C(=O)NC(C)C)c1[N+](=O)[O-]. The van der Waals surface area contributed by atoms with Crippen molar-refractivity contribution in [1.82, 2.24) is 15.5 Å². The summed E-state index contributed by atoms with van der Waals surface area (Å²) in [6, 6.07) is -0.0888. The van der Waals surface area contributed by atoms with Crippen molar-refractivity contribution >= 4 is 11.6 Å². The topological polar surface area (TPSA) is 101 Å². The van der Waals surface area contributed by atoms with Crippen molar-refractivity contribution in [3.05, 3.63) is 21.5 Å². The van der Waals surface area contributed by atoms with Gasteiger partial charge in [-0.15, -0.1) is 0 Å². The van der Waals surface area contributed by atoms with Crippen LogP contribution in [-0.4, -0.2) is 27.1 Å². The van der Waals surface area contributed by atoms with Crippen LogP contribution in [0.1, 0.15) is 30.0 Å². The fourth-order valence-electron chi connectivity index (χ4n) is 1.14. The first-order chi connectivity index (χ1) is 6.93. The van der Waals surface area contributed by atoms with E-state index in [1.165, 1.54) is 6.92 Å². The Morgan fingerprint density at radius 3 is 2.67 bits per heavy atom. The van der Waals surface area contributed by atoms with E-state index < -0.39 is 10.8 Å². The number of carbonyl (C=O) groups excluding carboxylic acids is 1. The molecule has 0 aliphatic heterocycles. The van der Waals surface area contributed by atoms with E-state index in [1.807, 2.05) is 0 Å². The number of amides is 1. The highest BCUT2D eigenvalue weighted by Gasteiger charge is 2.27. The van der Waals surface area contributed by atoms with Gasteiger partial charge in [-0.2, -0.15) is 5.10 Å². The number of hydrogen-bond acceptors (Lipinski definition) is 4. The minimum atomic E-state index is -0.617.